The normalized spacial score (nSPS) is 28.9. The summed E-state index contributed by atoms with van der Waals surface area (Å²) in [4.78, 5) is 63.2. The van der Waals surface area contributed by atoms with Crippen molar-refractivity contribution in [1.29, 1.82) is 0 Å². The number of aliphatic hydroxyl groups excluding tert-OH is 1. The van der Waals surface area contributed by atoms with E-state index in [4.69, 9.17) is 19.0 Å². The van der Waals surface area contributed by atoms with E-state index < -0.39 is 84.2 Å². The average Bonchev–Trinajstić information content (AvgIpc) is 3.95. The topological polar surface area (TPSA) is 153 Å². The molecule has 0 spiro atoms. The maximum Gasteiger partial charge on any atom is 0.422 e. The number of hydrogen-bond donors (Lipinski definition) is 2. The largest absolute Gasteiger partial charge is 0.458 e. The highest BCUT2D eigenvalue weighted by Crippen LogP contribution is 2.60. The molecule has 3 aromatic rings. The molecule has 2 N–H and O–H groups in total. The fourth-order valence-electron chi connectivity index (χ4n) is 8.86. The smallest absolute Gasteiger partial charge is 0.422 e. The molecule has 7 unspecified atom stereocenters. The molecule has 8 rings (SSSR count). The van der Waals surface area contributed by atoms with Gasteiger partial charge in [-0.2, -0.15) is 18.2 Å². The van der Waals surface area contributed by atoms with E-state index in [0.717, 1.165) is 6.08 Å². The summed E-state index contributed by atoms with van der Waals surface area (Å²) in [5.41, 5.74) is 0.772. The number of aliphatic hydroxyl groups is 1. The summed E-state index contributed by atoms with van der Waals surface area (Å²) in [6.07, 6.45) is -5.39. The SMILES string of the molecule is O=C(C=Cc1cccc(CN2OC3C4OC(c5ccccc5)(c5ccccc5)OC4C4CC3(C(=O)N3CCCC3C(=O)NCCO)C2C(=O)O4)c1)OCC(F)(F)F. The van der Waals surface area contributed by atoms with Crippen LogP contribution in [0.1, 0.15) is 41.5 Å². The lowest BCUT2D eigenvalue weighted by atomic mass is 9.62. The first-order valence-electron chi connectivity index (χ1n) is 18.7. The molecule has 3 aromatic carbocycles. The van der Waals surface area contributed by atoms with Crippen molar-refractivity contribution in [3.05, 3.63) is 113 Å². The highest BCUT2D eigenvalue weighted by Gasteiger charge is 2.77. The van der Waals surface area contributed by atoms with E-state index in [1.54, 1.807) is 24.3 Å². The molecule has 4 saturated heterocycles. The van der Waals surface area contributed by atoms with Crippen LogP contribution in [-0.4, -0.2) is 108 Å². The minimum absolute atomic E-state index is 0.0118. The Balaban J connectivity index is 1.16. The number of hydrogen-bond acceptors (Lipinski definition) is 11. The van der Waals surface area contributed by atoms with Crippen molar-refractivity contribution in [3.8, 4) is 0 Å². The van der Waals surface area contributed by atoms with Gasteiger partial charge in [0, 0.05) is 36.7 Å². The quantitative estimate of drug-likeness (QED) is 0.217. The van der Waals surface area contributed by atoms with E-state index in [0.29, 0.717) is 35.1 Å². The van der Waals surface area contributed by atoms with Crippen molar-refractivity contribution in [2.45, 2.75) is 74.3 Å². The molecule has 4 aliphatic heterocycles. The lowest BCUT2D eigenvalue weighted by Gasteiger charge is -2.50. The minimum atomic E-state index is -4.67. The van der Waals surface area contributed by atoms with Crippen LogP contribution in [0.25, 0.3) is 6.08 Å². The van der Waals surface area contributed by atoms with Crippen molar-refractivity contribution in [1.82, 2.24) is 15.3 Å². The van der Waals surface area contributed by atoms with Gasteiger partial charge in [0.05, 0.1) is 13.2 Å². The van der Waals surface area contributed by atoms with Gasteiger partial charge in [0.15, 0.2) is 12.6 Å². The number of likely N-dealkylation sites (tertiary alicyclic amines) is 1. The van der Waals surface area contributed by atoms with Crippen LogP contribution in [0.4, 0.5) is 13.2 Å². The lowest BCUT2D eigenvalue weighted by Crippen LogP contribution is -2.70. The summed E-state index contributed by atoms with van der Waals surface area (Å²) in [6.45, 7) is -1.79. The Morgan fingerprint density at radius 1 is 0.965 bits per heavy atom. The number of amides is 2. The van der Waals surface area contributed by atoms with Crippen LogP contribution in [0, 0.1) is 5.41 Å². The number of ether oxygens (including phenoxy) is 4. The lowest BCUT2D eigenvalue weighted by molar-refractivity contribution is -0.214. The first-order chi connectivity index (χ1) is 27.4. The van der Waals surface area contributed by atoms with Crippen LogP contribution in [0.2, 0.25) is 0 Å². The van der Waals surface area contributed by atoms with Crippen molar-refractivity contribution in [3.63, 3.8) is 0 Å². The van der Waals surface area contributed by atoms with E-state index in [2.05, 4.69) is 10.1 Å². The minimum Gasteiger partial charge on any atom is -0.458 e. The van der Waals surface area contributed by atoms with Gasteiger partial charge in [-0.25, -0.2) is 4.79 Å². The van der Waals surface area contributed by atoms with Crippen LogP contribution in [0.3, 0.4) is 0 Å². The Morgan fingerprint density at radius 2 is 1.67 bits per heavy atom. The number of carbonyl (C=O) groups is 4. The second-order valence-corrected chi connectivity index (χ2v) is 14.7. The molecule has 2 amide bonds. The Bertz CT molecular complexity index is 1990. The maximum absolute atomic E-state index is 15.3. The monoisotopic (exact) mass is 791 g/mol. The highest BCUT2D eigenvalue weighted by molar-refractivity contribution is 5.96. The van der Waals surface area contributed by atoms with Crippen molar-refractivity contribution in [2.24, 2.45) is 5.41 Å². The number of halogens is 3. The molecular weight excluding hydrogens is 751 g/mol. The van der Waals surface area contributed by atoms with Gasteiger partial charge < -0.3 is 34.3 Å². The van der Waals surface area contributed by atoms with Crippen LogP contribution < -0.4 is 5.32 Å². The van der Waals surface area contributed by atoms with E-state index >= 15 is 4.79 Å². The van der Waals surface area contributed by atoms with Gasteiger partial charge in [-0.15, -0.1) is 0 Å². The summed E-state index contributed by atoms with van der Waals surface area (Å²) in [7, 11) is 0. The number of carbonyl (C=O) groups excluding carboxylic acids is 4. The third kappa shape index (κ3) is 7.09. The average molecular weight is 792 g/mol. The molecule has 16 heteroatoms. The third-order valence-corrected chi connectivity index (χ3v) is 11.2. The second kappa shape index (κ2) is 15.3. The Labute approximate surface area is 325 Å². The second-order valence-electron chi connectivity index (χ2n) is 14.7. The Kier molecular flexibility index (Phi) is 10.4. The fourth-order valence-corrected chi connectivity index (χ4v) is 8.86. The number of nitrogens with zero attached hydrogens (tertiary/aromatic N) is 2. The van der Waals surface area contributed by atoms with Crippen LogP contribution in [0.15, 0.2) is 91.0 Å². The van der Waals surface area contributed by atoms with Gasteiger partial charge in [-0.3, -0.25) is 19.2 Å². The molecule has 0 radical (unpaired) electrons. The predicted octanol–water partition coefficient (Wildman–Crippen LogP) is 3.39. The highest BCUT2D eigenvalue weighted by atomic mass is 19.4. The summed E-state index contributed by atoms with van der Waals surface area (Å²) < 4.78 is 62.0. The molecule has 5 aliphatic rings. The van der Waals surface area contributed by atoms with Crippen LogP contribution >= 0.6 is 0 Å². The van der Waals surface area contributed by atoms with Crippen LogP contribution in [-0.2, 0) is 55.3 Å². The summed E-state index contributed by atoms with van der Waals surface area (Å²) >= 11 is 0. The molecule has 300 valence electrons. The van der Waals surface area contributed by atoms with Crippen molar-refractivity contribution < 1.29 is 61.2 Å². The maximum atomic E-state index is 15.3. The molecular formula is C41H40F3N3O10. The Hall–Kier alpha value is -5.13. The molecule has 57 heavy (non-hydrogen) atoms. The van der Waals surface area contributed by atoms with E-state index in [9.17, 15) is 32.7 Å². The van der Waals surface area contributed by atoms with Crippen molar-refractivity contribution >= 4 is 29.8 Å². The molecule has 13 nitrogen and oxygen atoms in total. The number of rotatable bonds is 11. The zero-order valence-corrected chi connectivity index (χ0v) is 30.5. The third-order valence-electron chi connectivity index (χ3n) is 11.2. The van der Waals surface area contributed by atoms with Crippen LogP contribution in [0.5, 0.6) is 0 Å². The van der Waals surface area contributed by atoms with E-state index in [1.807, 2.05) is 60.7 Å². The molecule has 1 aliphatic carbocycles. The predicted molar refractivity (Wildman–Crippen MR) is 192 cm³/mol. The van der Waals surface area contributed by atoms with E-state index in [1.165, 1.54) is 16.0 Å². The van der Waals surface area contributed by atoms with Gasteiger partial charge in [0.2, 0.25) is 17.6 Å². The number of benzene rings is 3. The standard InChI is InChI=1S/C41H40F3N3O10/c42-40(43,44)24-53-31(49)17-16-25-9-7-10-26(21-25)23-47-34-37(51)54-30-22-39(34,38(52)46-19-8-15-29(46)36(50)45-18-20-48)35(57-47)33-32(30)55-41(56-33,27-11-3-1-4-12-27)28-13-5-2-6-14-28/h1-7,9-14,16-17,21,29-30,32-35,48H,8,15,18-20,22-24H2,(H,45,50). The van der Waals surface area contributed by atoms with Gasteiger partial charge in [0.25, 0.3) is 0 Å². The van der Waals surface area contributed by atoms with Gasteiger partial charge in [-0.05, 0) is 30.0 Å². The van der Waals surface area contributed by atoms with Crippen molar-refractivity contribution in [2.75, 3.05) is 26.3 Å². The van der Waals surface area contributed by atoms with E-state index in [-0.39, 0.29) is 32.7 Å². The summed E-state index contributed by atoms with van der Waals surface area (Å²) in [6, 6.07) is 23.1. The molecule has 7 atom stereocenters. The number of fused-ring (bicyclic) bond motifs is 4. The number of alkyl halides is 3. The van der Waals surface area contributed by atoms with Gasteiger partial charge in [-0.1, -0.05) is 84.9 Å². The first kappa shape index (κ1) is 38.7. The molecule has 0 aromatic heterocycles. The first-order valence-corrected chi connectivity index (χ1v) is 18.7. The number of hydroxylamine groups is 2. The molecule has 1 saturated carbocycles. The molecule has 5 fully saturated rings. The summed E-state index contributed by atoms with van der Waals surface area (Å²) in [5.74, 6) is -4.24. The zero-order chi connectivity index (χ0) is 40.0. The van der Waals surface area contributed by atoms with Gasteiger partial charge >= 0.3 is 18.1 Å². The van der Waals surface area contributed by atoms with Gasteiger partial charge in [0.1, 0.15) is 35.9 Å². The molecule has 2 bridgehead atoms. The zero-order valence-electron chi connectivity index (χ0n) is 30.5. The summed E-state index contributed by atoms with van der Waals surface area (Å²) in [5, 5.41) is 13.4. The number of esters is 2. The number of nitrogens with one attached hydrogen (secondary N) is 1. The Morgan fingerprint density at radius 3 is 2.35 bits per heavy atom. The molecule has 4 heterocycles. The fraction of sp³-hybridized carbons (Fsp3) is 0.415.